The highest BCUT2D eigenvalue weighted by atomic mass is 32.1. The third kappa shape index (κ3) is 4.41. The Morgan fingerprint density at radius 1 is 1.07 bits per heavy atom. The number of aromatic nitrogens is 2. The first-order valence-corrected chi connectivity index (χ1v) is 10.0. The minimum atomic E-state index is -0.255. The van der Waals surface area contributed by atoms with Crippen molar-refractivity contribution in [2.45, 2.75) is 6.42 Å². The zero-order valence-electron chi connectivity index (χ0n) is 15.6. The van der Waals surface area contributed by atoms with Crippen LogP contribution in [-0.4, -0.2) is 46.3 Å². The molecule has 0 spiro atoms. The number of benzene rings is 2. The quantitative estimate of drug-likeness (QED) is 0.665. The maximum absolute atomic E-state index is 13.0. The molecular weight excluding hydrogens is 389 g/mol. The van der Waals surface area contributed by atoms with Crippen LogP contribution in [0.5, 0.6) is 0 Å². The topological polar surface area (TPSA) is 73.1 Å². The van der Waals surface area contributed by atoms with E-state index >= 15 is 0 Å². The van der Waals surface area contributed by atoms with Crippen LogP contribution in [0.1, 0.15) is 27.3 Å². The van der Waals surface area contributed by atoms with E-state index in [9.17, 15) is 9.18 Å². The summed E-state index contributed by atoms with van der Waals surface area (Å²) in [5.74, 6) is 0.435. The summed E-state index contributed by atoms with van der Waals surface area (Å²) in [6, 6.07) is 15.1. The van der Waals surface area contributed by atoms with Crippen LogP contribution in [0.15, 0.2) is 48.5 Å². The first-order valence-electron chi connectivity index (χ1n) is 9.24. The van der Waals surface area contributed by atoms with Crippen molar-refractivity contribution in [3.05, 3.63) is 76.9 Å². The number of halogens is 1. The van der Waals surface area contributed by atoms with E-state index in [1.54, 1.807) is 36.4 Å². The van der Waals surface area contributed by atoms with E-state index in [-0.39, 0.29) is 11.7 Å². The van der Waals surface area contributed by atoms with Gasteiger partial charge in [-0.2, -0.15) is 9.64 Å². The van der Waals surface area contributed by atoms with E-state index in [4.69, 9.17) is 5.26 Å². The average molecular weight is 407 g/mol. The Hall–Kier alpha value is -3.31. The van der Waals surface area contributed by atoms with Crippen molar-refractivity contribution in [3.8, 4) is 6.07 Å². The van der Waals surface area contributed by atoms with Gasteiger partial charge in [0.15, 0.2) is 0 Å². The van der Waals surface area contributed by atoms with E-state index in [1.165, 1.54) is 23.7 Å². The molecule has 2 heterocycles. The third-order valence-corrected chi connectivity index (χ3v) is 5.65. The predicted octanol–water partition coefficient (Wildman–Crippen LogP) is 3.10. The Labute approximate surface area is 172 Å². The second-order valence-electron chi connectivity index (χ2n) is 6.76. The van der Waals surface area contributed by atoms with E-state index in [1.807, 2.05) is 4.90 Å². The lowest BCUT2D eigenvalue weighted by atomic mass is 10.1. The second-order valence-corrected chi connectivity index (χ2v) is 7.50. The van der Waals surface area contributed by atoms with Crippen molar-refractivity contribution in [2.75, 3.05) is 31.1 Å². The van der Waals surface area contributed by atoms with Crippen molar-refractivity contribution >= 4 is 22.6 Å². The monoisotopic (exact) mass is 407 g/mol. The van der Waals surface area contributed by atoms with Gasteiger partial charge in [-0.05, 0) is 42.0 Å². The maximum atomic E-state index is 13.0. The van der Waals surface area contributed by atoms with E-state index in [0.717, 1.165) is 10.7 Å². The fourth-order valence-electron chi connectivity index (χ4n) is 3.20. The lowest BCUT2D eigenvalue weighted by Gasteiger charge is -2.34. The lowest BCUT2D eigenvalue weighted by molar-refractivity contribution is 0.0746. The minimum absolute atomic E-state index is 0.0246. The molecule has 0 N–H and O–H groups in total. The van der Waals surface area contributed by atoms with Gasteiger partial charge in [-0.1, -0.05) is 12.1 Å². The summed E-state index contributed by atoms with van der Waals surface area (Å²) >= 11 is 1.35. The molecule has 4 rings (SSSR count). The molecule has 146 valence electrons. The molecule has 1 aliphatic rings. The van der Waals surface area contributed by atoms with Gasteiger partial charge in [-0.25, -0.2) is 9.37 Å². The first kappa shape index (κ1) is 19.0. The molecule has 2 aromatic carbocycles. The molecule has 29 heavy (non-hydrogen) atoms. The van der Waals surface area contributed by atoms with Gasteiger partial charge in [-0.15, -0.1) is 0 Å². The highest BCUT2D eigenvalue weighted by molar-refractivity contribution is 7.09. The van der Waals surface area contributed by atoms with Gasteiger partial charge in [0.1, 0.15) is 11.6 Å². The molecule has 1 aromatic heterocycles. The number of amides is 1. The van der Waals surface area contributed by atoms with Crippen LogP contribution in [0.3, 0.4) is 0 Å². The molecule has 0 bridgehead atoms. The van der Waals surface area contributed by atoms with Crippen molar-refractivity contribution < 1.29 is 9.18 Å². The number of hydrogen-bond acceptors (Lipinski definition) is 6. The van der Waals surface area contributed by atoms with E-state index in [2.05, 4.69) is 20.3 Å². The molecule has 1 amide bonds. The normalized spacial score (nSPS) is 13.9. The average Bonchev–Trinajstić information content (AvgIpc) is 3.23. The van der Waals surface area contributed by atoms with Gasteiger partial charge < -0.3 is 9.80 Å². The number of anilines is 1. The van der Waals surface area contributed by atoms with Crippen molar-refractivity contribution in [3.63, 3.8) is 0 Å². The molecule has 1 fully saturated rings. The molecule has 0 radical (unpaired) electrons. The molecule has 6 nitrogen and oxygen atoms in total. The van der Waals surface area contributed by atoms with Crippen LogP contribution >= 0.6 is 11.5 Å². The van der Waals surface area contributed by atoms with Crippen molar-refractivity contribution in [2.24, 2.45) is 0 Å². The zero-order chi connectivity index (χ0) is 20.2. The molecule has 0 aliphatic carbocycles. The van der Waals surface area contributed by atoms with Crippen LogP contribution in [0, 0.1) is 17.1 Å². The van der Waals surface area contributed by atoms with Crippen molar-refractivity contribution in [1.29, 1.82) is 5.26 Å². The van der Waals surface area contributed by atoms with Crippen LogP contribution < -0.4 is 4.90 Å². The molecule has 3 aromatic rings. The number of nitrogens with zero attached hydrogens (tertiary/aromatic N) is 5. The Balaban J connectivity index is 1.34. The predicted molar refractivity (Wildman–Crippen MR) is 108 cm³/mol. The molecular formula is C21H18FN5OS. The number of piperazine rings is 1. The van der Waals surface area contributed by atoms with Gasteiger partial charge in [0, 0.05) is 49.7 Å². The summed E-state index contributed by atoms with van der Waals surface area (Å²) in [5, 5.41) is 9.71. The SMILES string of the molecule is N#Cc1ccc(C(=O)N2CCN(c3nc(Cc4ccc(F)cc4)ns3)CC2)cc1. The van der Waals surface area contributed by atoms with Crippen LogP contribution in [-0.2, 0) is 6.42 Å². The summed E-state index contributed by atoms with van der Waals surface area (Å²) in [7, 11) is 0. The van der Waals surface area contributed by atoms with Gasteiger partial charge in [0.25, 0.3) is 5.91 Å². The fraction of sp³-hybridized carbons (Fsp3) is 0.238. The largest absolute Gasteiger partial charge is 0.343 e. The van der Waals surface area contributed by atoms with Crippen LogP contribution in [0.2, 0.25) is 0 Å². The number of carbonyl (C=O) groups excluding carboxylic acids is 1. The summed E-state index contributed by atoms with van der Waals surface area (Å²) in [6.07, 6.45) is 0.563. The molecule has 0 atom stereocenters. The molecule has 0 unspecified atom stereocenters. The number of rotatable bonds is 4. The summed E-state index contributed by atoms with van der Waals surface area (Å²) < 4.78 is 17.4. The second kappa shape index (κ2) is 8.37. The minimum Gasteiger partial charge on any atom is -0.343 e. The summed E-state index contributed by atoms with van der Waals surface area (Å²) in [4.78, 5) is 21.2. The van der Waals surface area contributed by atoms with Gasteiger partial charge >= 0.3 is 0 Å². The maximum Gasteiger partial charge on any atom is 0.253 e. The molecule has 8 heteroatoms. The summed E-state index contributed by atoms with van der Waals surface area (Å²) in [5.41, 5.74) is 2.10. The van der Waals surface area contributed by atoms with Crippen LogP contribution in [0.4, 0.5) is 9.52 Å². The molecule has 1 saturated heterocycles. The standard InChI is InChI=1S/C21H18FN5OS/c22-18-7-3-15(4-8-18)13-19-24-21(29-25-19)27-11-9-26(10-12-27)20(28)17-5-1-16(14-23)2-6-17/h1-8H,9-13H2. The van der Waals surface area contributed by atoms with Gasteiger partial charge in [-0.3, -0.25) is 4.79 Å². The molecule has 1 aliphatic heterocycles. The first-order chi connectivity index (χ1) is 14.1. The van der Waals surface area contributed by atoms with E-state index < -0.39 is 0 Å². The van der Waals surface area contributed by atoms with E-state index in [0.29, 0.717) is 49.6 Å². The zero-order valence-corrected chi connectivity index (χ0v) is 16.4. The highest BCUT2D eigenvalue weighted by Gasteiger charge is 2.24. The lowest BCUT2D eigenvalue weighted by Crippen LogP contribution is -2.48. The van der Waals surface area contributed by atoms with Crippen LogP contribution in [0.25, 0.3) is 0 Å². The Morgan fingerprint density at radius 2 is 1.76 bits per heavy atom. The Morgan fingerprint density at radius 3 is 2.41 bits per heavy atom. The Kier molecular flexibility index (Phi) is 5.49. The number of carbonyl (C=O) groups is 1. The molecule has 0 saturated carbocycles. The summed E-state index contributed by atoms with van der Waals surface area (Å²) in [6.45, 7) is 2.58. The smallest absolute Gasteiger partial charge is 0.253 e. The van der Waals surface area contributed by atoms with Crippen molar-refractivity contribution in [1.82, 2.24) is 14.3 Å². The third-order valence-electron chi connectivity index (χ3n) is 4.83. The Bertz CT molecular complexity index is 1030. The number of hydrogen-bond donors (Lipinski definition) is 0. The highest BCUT2D eigenvalue weighted by Crippen LogP contribution is 2.21. The number of nitriles is 1. The van der Waals surface area contributed by atoms with Gasteiger partial charge in [0.05, 0.1) is 11.6 Å². The fourth-order valence-corrected chi connectivity index (χ4v) is 3.94. The van der Waals surface area contributed by atoms with Gasteiger partial charge in [0.2, 0.25) is 5.13 Å².